The molecule has 1 aromatic carbocycles. The third kappa shape index (κ3) is 5.57. The number of rotatable bonds is 9. The Morgan fingerprint density at radius 2 is 1.85 bits per heavy atom. The zero-order chi connectivity index (χ0) is 19.6. The van der Waals surface area contributed by atoms with Crippen molar-refractivity contribution in [1.29, 1.82) is 0 Å². The molecule has 0 spiro atoms. The van der Waals surface area contributed by atoms with Gasteiger partial charge in [-0.25, -0.2) is 0 Å². The van der Waals surface area contributed by atoms with Gasteiger partial charge in [-0.15, -0.1) is 6.58 Å². The van der Waals surface area contributed by atoms with Gasteiger partial charge in [-0.1, -0.05) is 12.1 Å². The van der Waals surface area contributed by atoms with Crippen molar-refractivity contribution in [3.8, 4) is 11.5 Å². The number of nitrogens with zero attached hydrogens (tertiary/aromatic N) is 1. The van der Waals surface area contributed by atoms with E-state index in [-0.39, 0.29) is 17.5 Å². The maximum Gasteiger partial charge on any atom is 0.269 e. The molecule has 0 unspecified atom stereocenters. The van der Waals surface area contributed by atoms with Crippen molar-refractivity contribution >= 4 is 11.8 Å². The average Bonchev–Trinajstić information content (AvgIpc) is 2.71. The third-order valence-electron chi connectivity index (χ3n) is 3.81. The number of carbonyl (C=O) groups excluding carboxylic acids is 2. The first-order chi connectivity index (χ1) is 13.1. The summed E-state index contributed by atoms with van der Waals surface area (Å²) >= 11 is 0. The van der Waals surface area contributed by atoms with E-state index in [1.807, 2.05) is 18.2 Å². The van der Waals surface area contributed by atoms with Crippen LogP contribution in [0.1, 0.15) is 26.4 Å². The van der Waals surface area contributed by atoms with E-state index in [2.05, 4.69) is 22.2 Å². The summed E-state index contributed by atoms with van der Waals surface area (Å²) in [4.78, 5) is 28.3. The lowest BCUT2D eigenvalue weighted by molar-refractivity contribution is 0.0949. The molecule has 0 atom stereocenters. The minimum Gasteiger partial charge on any atom is -0.493 e. The molecule has 27 heavy (non-hydrogen) atoms. The lowest BCUT2D eigenvalue weighted by Crippen LogP contribution is -2.28. The lowest BCUT2D eigenvalue weighted by Gasteiger charge is -2.10. The van der Waals surface area contributed by atoms with Gasteiger partial charge < -0.3 is 20.1 Å². The number of hydrogen-bond donors (Lipinski definition) is 2. The Morgan fingerprint density at radius 3 is 2.56 bits per heavy atom. The molecule has 7 heteroatoms. The summed E-state index contributed by atoms with van der Waals surface area (Å²) in [5.74, 6) is 0.674. The number of aromatic nitrogens is 1. The molecule has 0 saturated heterocycles. The van der Waals surface area contributed by atoms with Gasteiger partial charge in [-0.3, -0.25) is 14.6 Å². The number of amides is 2. The molecule has 2 rings (SSSR count). The quantitative estimate of drug-likeness (QED) is 0.660. The van der Waals surface area contributed by atoms with E-state index in [4.69, 9.17) is 9.47 Å². The summed E-state index contributed by atoms with van der Waals surface area (Å²) in [6.07, 6.45) is 3.64. The molecule has 0 fully saturated rings. The van der Waals surface area contributed by atoms with Gasteiger partial charge in [0, 0.05) is 24.8 Å². The van der Waals surface area contributed by atoms with E-state index in [0.29, 0.717) is 36.6 Å². The molecular formula is C20H23N3O4. The Balaban J connectivity index is 1.94. The highest BCUT2D eigenvalue weighted by atomic mass is 16.5. The van der Waals surface area contributed by atoms with Crippen LogP contribution >= 0.6 is 0 Å². The summed E-state index contributed by atoms with van der Waals surface area (Å²) in [6.45, 7) is 4.32. The molecule has 2 aromatic rings. The normalized spacial score (nSPS) is 10.0. The van der Waals surface area contributed by atoms with E-state index >= 15 is 0 Å². The Kier molecular flexibility index (Phi) is 7.37. The second-order valence-electron chi connectivity index (χ2n) is 5.62. The first-order valence-electron chi connectivity index (χ1n) is 8.43. The highest BCUT2D eigenvalue weighted by Gasteiger charge is 2.11. The van der Waals surface area contributed by atoms with Crippen LogP contribution in [0.3, 0.4) is 0 Å². The Morgan fingerprint density at radius 1 is 1.07 bits per heavy atom. The van der Waals surface area contributed by atoms with E-state index < -0.39 is 0 Å². The highest BCUT2D eigenvalue weighted by molar-refractivity contribution is 5.98. The lowest BCUT2D eigenvalue weighted by atomic mass is 10.1. The van der Waals surface area contributed by atoms with Crippen molar-refractivity contribution in [2.45, 2.75) is 6.42 Å². The van der Waals surface area contributed by atoms with Crippen molar-refractivity contribution in [2.75, 3.05) is 27.3 Å². The molecule has 7 nitrogen and oxygen atoms in total. The molecule has 0 bridgehead atoms. The molecule has 142 valence electrons. The first-order valence-corrected chi connectivity index (χ1v) is 8.43. The van der Waals surface area contributed by atoms with Crippen molar-refractivity contribution in [2.24, 2.45) is 0 Å². The zero-order valence-electron chi connectivity index (χ0n) is 15.5. The van der Waals surface area contributed by atoms with Gasteiger partial charge in [-0.05, 0) is 36.2 Å². The standard InChI is InChI=1S/C20H23N3O4/c1-4-9-22-19(24)15-8-11-21-16(13-15)20(25)23-10-7-14-5-6-17(26-2)18(12-14)27-3/h4-6,8,11-13H,1,7,9-10H2,2-3H3,(H,22,24)(H,23,25). The second kappa shape index (κ2) is 9.96. The topological polar surface area (TPSA) is 89.6 Å². The van der Waals surface area contributed by atoms with E-state index in [1.54, 1.807) is 26.4 Å². The van der Waals surface area contributed by atoms with Gasteiger partial charge in [0.05, 0.1) is 14.2 Å². The summed E-state index contributed by atoms with van der Waals surface area (Å²) in [5, 5.41) is 5.46. The van der Waals surface area contributed by atoms with Crippen LogP contribution < -0.4 is 20.1 Å². The van der Waals surface area contributed by atoms with Crippen LogP contribution in [-0.4, -0.2) is 44.1 Å². The molecule has 0 saturated carbocycles. The SMILES string of the molecule is C=CCNC(=O)c1ccnc(C(=O)NCCc2ccc(OC)c(OC)c2)c1. The predicted octanol–water partition coefficient (Wildman–Crippen LogP) is 1.99. The molecule has 1 heterocycles. The molecule has 1 aromatic heterocycles. The predicted molar refractivity (Wildman–Crippen MR) is 102 cm³/mol. The van der Waals surface area contributed by atoms with Gasteiger partial charge in [0.2, 0.25) is 0 Å². The first kappa shape index (κ1) is 20.0. The molecule has 0 aliphatic rings. The van der Waals surface area contributed by atoms with Gasteiger partial charge in [-0.2, -0.15) is 0 Å². The maximum atomic E-state index is 12.3. The second-order valence-corrected chi connectivity index (χ2v) is 5.62. The van der Waals surface area contributed by atoms with Gasteiger partial charge in [0.25, 0.3) is 11.8 Å². The van der Waals surface area contributed by atoms with Crippen LogP contribution in [0, 0.1) is 0 Å². The summed E-state index contributed by atoms with van der Waals surface area (Å²) < 4.78 is 10.5. The molecule has 0 aliphatic heterocycles. The molecule has 2 amide bonds. The van der Waals surface area contributed by atoms with E-state index in [9.17, 15) is 9.59 Å². The largest absolute Gasteiger partial charge is 0.493 e. The Hall–Kier alpha value is -3.35. The van der Waals surface area contributed by atoms with Gasteiger partial charge >= 0.3 is 0 Å². The number of pyridine rings is 1. The van der Waals surface area contributed by atoms with Crippen LogP contribution in [0.15, 0.2) is 49.2 Å². The maximum absolute atomic E-state index is 12.3. The minimum atomic E-state index is -0.339. The van der Waals surface area contributed by atoms with E-state index in [1.165, 1.54) is 12.3 Å². The molecule has 0 radical (unpaired) electrons. The van der Waals surface area contributed by atoms with Gasteiger partial charge in [0.1, 0.15) is 5.69 Å². The fourth-order valence-corrected chi connectivity index (χ4v) is 2.41. The fraction of sp³-hybridized carbons (Fsp3) is 0.250. The smallest absolute Gasteiger partial charge is 0.269 e. The van der Waals surface area contributed by atoms with Crippen molar-refractivity contribution in [3.05, 3.63) is 66.0 Å². The fourth-order valence-electron chi connectivity index (χ4n) is 2.41. The average molecular weight is 369 g/mol. The zero-order valence-corrected chi connectivity index (χ0v) is 15.5. The number of methoxy groups -OCH3 is 2. The van der Waals surface area contributed by atoms with Crippen molar-refractivity contribution in [3.63, 3.8) is 0 Å². The molecular weight excluding hydrogens is 346 g/mol. The Labute approximate surface area is 158 Å². The Bertz CT molecular complexity index is 821. The van der Waals surface area contributed by atoms with Gasteiger partial charge in [0.15, 0.2) is 11.5 Å². The minimum absolute atomic E-state index is 0.188. The highest BCUT2D eigenvalue weighted by Crippen LogP contribution is 2.27. The number of nitrogens with one attached hydrogen (secondary N) is 2. The van der Waals surface area contributed by atoms with E-state index in [0.717, 1.165) is 5.56 Å². The van der Waals surface area contributed by atoms with Crippen LogP contribution in [-0.2, 0) is 6.42 Å². The summed E-state index contributed by atoms with van der Waals surface area (Å²) in [6, 6.07) is 8.62. The van der Waals surface area contributed by atoms with Crippen LogP contribution in [0.2, 0.25) is 0 Å². The van der Waals surface area contributed by atoms with Crippen LogP contribution in [0.4, 0.5) is 0 Å². The van der Waals surface area contributed by atoms with Crippen LogP contribution in [0.25, 0.3) is 0 Å². The van der Waals surface area contributed by atoms with Crippen LogP contribution in [0.5, 0.6) is 11.5 Å². The monoisotopic (exact) mass is 369 g/mol. The van der Waals surface area contributed by atoms with Crippen molar-refractivity contribution < 1.29 is 19.1 Å². The number of carbonyl (C=O) groups is 2. The third-order valence-corrected chi connectivity index (χ3v) is 3.81. The molecule has 2 N–H and O–H groups in total. The number of ether oxygens (including phenoxy) is 2. The van der Waals surface area contributed by atoms with Crippen molar-refractivity contribution in [1.82, 2.24) is 15.6 Å². The summed E-state index contributed by atoms with van der Waals surface area (Å²) in [7, 11) is 3.16. The number of benzene rings is 1. The molecule has 0 aliphatic carbocycles. The summed E-state index contributed by atoms with van der Waals surface area (Å²) in [5.41, 5.74) is 1.56. The number of hydrogen-bond acceptors (Lipinski definition) is 5.